The minimum absolute atomic E-state index is 0.331. The summed E-state index contributed by atoms with van der Waals surface area (Å²) in [5, 5.41) is 11.7. The van der Waals surface area contributed by atoms with Crippen LogP contribution >= 0.6 is 0 Å². The summed E-state index contributed by atoms with van der Waals surface area (Å²) in [6, 6.07) is 5.25. The molecule has 1 aromatic rings. The standard InChI is InChI=1S/C14H18N2O4/c1-4-10(3)20-14(19)11(13(17)18)8-15-12-7-5-6-9(2)16-12/h5-8,10H,4H2,1-3H3,(H,15,16)(H,17,18). The Morgan fingerprint density at radius 3 is 2.75 bits per heavy atom. The highest BCUT2D eigenvalue weighted by Gasteiger charge is 2.20. The third kappa shape index (κ3) is 4.72. The van der Waals surface area contributed by atoms with Gasteiger partial charge in [-0.3, -0.25) is 0 Å². The largest absolute Gasteiger partial charge is 0.477 e. The number of anilines is 1. The van der Waals surface area contributed by atoms with Crippen LogP contribution in [0.5, 0.6) is 0 Å². The molecule has 2 N–H and O–H groups in total. The van der Waals surface area contributed by atoms with E-state index in [0.717, 1.165) is 11.9 Å². The van der Waals surface area contributed by atoms with Crippen LogP contribution in [0, 0.1) is 6.92 Å². The lowest BCUT2D eigenvalue weighted by Crippen LogP contribution is -2.21. The summed E-state index contributed by atoms with van der Waals surface area (Å²) >= 11 is 0. The van der Waals surface area contributed by atoms with E-state index < -0.39 is 17.5 Å². The molecule has 6 heteroatoms. The van der Waals surface area contributed by atoms with Crippen LogP contribution in [-0.4, -0.2) is 28.1 Å². The number of ether oxygens (including phenoxy) is 1. The van der Waals surface area contributed by atoms with Gasteiger partial charge in [-0.15, -0.1) is 0 Å². The minimum atomic E-state index is -1.35. The van der Waals surface area contributed by atoms with E-state index in [4.69, 9.17) is 9.84 Å². The summed E-state index contributed by atoms with van der Waals surface area (Å²) < 4.78 is 4.99. The first-order chi connectivity index (χ1) is 9.43. The lowest BCUT2D eigenvalue weighted by atomic mass is 10.2. The molecule has 0 aliphatic carbocycles. The maximum Gasteiger partial charge on any atom is 0.347 e. The summed E-state index contributed by atoms with van der Waals surface area (Å²) in [4.78, 5) is 26.9. The molecule has 0 radical (unpaired) electrons. The highest BCUT2D eigenvalue weighted by atomic mass is 16.5. The summed E-state index contributed by atoms with van der Waals surface area (Å²) in [7, 11) is 0. The molecular formula is C14H18N2O4. The molecular weight excluding hydrogens is 260 g/mol. The maximum atomic E-state index is 11.7. The molecule has 1 rings (SSSR count). The van der Waals surface area contributed by atoms with E-state index in [2.05, 4.69) is 10.3 Å². The van der Waals surface area contributed by atoms with Crippen LogP contribution in [0.2, 0.25) is 0 Å². The number of carboxylic acids is 1. The maximum absolute atomic E-state index is 11.7. The predicted octanol–water partition coefficient (Wildman–Crippen LogP) is 2.11. The number of carbonyl (C=O) groups is 2. The second kappa shape index (κ2) is 7.28. The second-order valence-electron chi connectivity index (χ2n) is 4.30. The van der Waals surface area contributed by atoms with Gasteiger partial charge in [0.2, 0.25) is 0 Å². The van der Waals surface area contributed by atoms with Crippen molar-refractivity contribution in [1.82, 2.24) is 4.98 Å². The molecule has 0 aliphatic heterocycles. The smallest absolute Gasteiger partial charge is 0.347 e. The Labute approximate surface area is 117 Å². The lowest BCUT2D eigenvalue weighted by molar-refractivity contribution is -0.147. The van der Waals surface area contributed by atoms with Crippen LogP contribution in [0.25, 0.3) is 0 Å². The van der Waals surface area contributed by atoms with Gasteiger partial charge >= 0.3 is 11.9 Å². The highest BCUT2D eigenvalue weighted by molar-refractivity contribution is 6.13. The van der Waals surface area contributed by atoms with Crippen LogP contribution < -0.4 is 5.32 Å². The van der Waals surface area contributed by atoms with E-state index >= 15 is 0 Å². The van der Waals surface area contributed by atoms with E-state index in [9.17, 15) is 9.59 Å². The van der Waals surface area contributed by atoms with Crippen molar-refractivity contribution >= 4 is 17.8 Å². The first-order valence-corrected chi connectivity index (χ1v) is 6.28. The van der Waals surface area contributed by atoms with Gasteiger partial charge in [0.1, 0.15) is 5.82 Å². The van der Waals surface area contributed by atoms with E-state index in [1.165, 1.54) is 0 Å². The van der Waals surface area contributed by atoms with Gasteiger partial charge in [0.25, 0.3) is 0 Å². The number of aromatic nitrogens is 1. The van der Waals surface area contributed by atoms with Crippen LogP contribution in [0.3, 0.4) is 0 Å². The van der Waals surface area contributed by atoms with Crippen molar-refractivity contribution < 1.29 is 19.4 Å². The molecule has 1 atom stereocenters. The van der Waals surface area contributed by atoms with Gasteiger partial charge in [-0.05, 0) is 32.4 Å². The van der Waals surface area contributed by atoms with Crippen molar-refractivity contribution in [2.75, 3.05) is 5.32 Å². The van der Waals surface area contributed by atoms with Crippen LogP contribution in [0.1, 0.15) is 26.0 Å². The van der Waals surface area contributed by atoms with E-state index in [-0.39, 0.29) is 6.10 Å². The number of hydrogen-bond acceptors (Lipinski definition) is 5. The summed E-state index contributed by atoms with van der Waals surface area (Å²) in [5.41, 5.74) is 0.316. The van der Waals surface area contributed by atoms with Crippen molar-refractivity contribution in [1.29, 1.82) is 0 Å². The third-order valence-corrected chi connectivity index (χ3v) is 2.59. The Morgan fingerprint density at radius 2 is 2.20 bits per heavy atom. The summed E-state index contributed by atoms with van der Waals surface area (Å²) in [5.74, 6) is -1.76. The molecule has 0 aliphatic rings. The molecule has 0 spiro atoms. The summed E-state index contributed by atoms with van der Waals surface area (Å²) in [6.45, 7) is 5.36. The Balaban J connectivity index is 2.83. The Hall–Kier alpha value is -2.37. The van der Waals surface area contributed by atoms with Crippen molar-refractivity contribution in [2.45, 2.75) is 33.3 Å². The Kier molecular flexibility index (Phi) is 5.71. The number of carbonyl (C=O) groups excluding carboxylic acids is 1. The molecule has 0 saturated carbocycles. The molecule has 0 fully saturated rings. The van der Waals surface area contributed by atoms with Gasteiger partial charge in [-0.1, -0.05) is 13.0 Å². The molecule has 1 aromatic heterocycles. The number of pyridine rings is 1. The van der Waals surface area contributed by atoms with E-state index in [1.807, 2.05) is 19.9 Å². The van der Waals surface area contributed by atoms with Crippen LogP contribution in [0.4, 0.5) is 5.82 Å². The number of nitrogens with one attached hydrogen (secondary N) is 1. The minimum Gasteiger partial charge on any atom is -0.477 e. The number of esters is 1. The fourth-order valence-corrected chi connectivity index (χ4v) is 1.31. The van der Waals surface area contributed by atoms with Gasteiger partial charge < -0.3 is 15.2 Å². The average molecular weight is 278 g/mol. The first-order valence-electron chi connectivity index (χ1n) is 6.28. The zero-order valence-corrected chi connectivity index (χ0v) is 11.7. The fourth-order valence-electron chi connectivity index (χ4n) is 1.31. The van der Waals surface area contributed by atoms with E-state index in [1.54, 1.807) is 19.1 Å². The molecule has 6 nitrogen and oxygen atoms in total. The zero-order chi connectivity index (χ0) is 15.1. The van der Waals surface area contributed by atoms with Gasteiger partial charge in [0, 0.05) is 11.9 Å². The zero-order valence-electron chi connectivity index (χ0n) is 11.7. The Bertz CT molecular complexity index is 526. The molecule has 20 heavy (non-hydrogen) atoms. The molecule has 108 valence electrons. The van der Waals surface area contributed by atoms with Crippen LogP contribution in [0.15, 0.2) is 30.0 Å². The molecule has 0 bridgehead atoms. The highest BCUT2D eigenvalue weighted by Crippen LogP contribution is 2.08. The molecule has 0 aromatic carbocycles. The van der Waals surface area contributed by atoms with Gasteiger partial charge in [-0.25, -0.2) is 14.6 Å². The Morgan fingerprint density at radius 1 is 1.50 bits per heavy atom. The van der Waals surface area contributed by atoms with Crippen molar-refractivity contribution in [3.05, 3.63) is 35.7 Å². The number of nitrogens with zero attached hydrogens (tertiary/aromatic N) is 1. The van der Waals surface area contributed by atoms with Gasteiger partial charge in [0.15, 0.2) is 5.57 Å². The number of rotatable bonds is 6. The lowest BCUT2D eigenvalue weighted by Gasteiger charge is -2.11. The average Bonchev–Trinajstić information content (AvgIpc) is 2.38. The summed E-state index contributed by atoms with van der Waals surface area (Å²) in [6.07, 6.45) is 1.38. The topological polar surface area (TPSA) is 88.5 Å². The van der Waals surface area contributed by atoms with Crippen LogP contribution in [-0.2, 0) is 14.3 Å². The van der Waals surface area contributed by atoms with Gasteiger partial charge in [-0.2, -0.15) is 0 Å². The molecule has 0 amide bonds. The fraction of sp³-hybridized carbons (Fsp3) is 0.357. The third-order valence-electron chi connectivity index (χ3n) is 2.59. The van der Waals surface area contributed by atoms with Crippen molar-refractivity contribution in [3.8, 4) is 0 Å². The molecule has 1 heterocycles. The van der Waals surface area contributed by atoms with Crippen molar-refractivity contribution in [2.24, 2.45) is 0 Å². The second-order valence-corrected chi connectivity index (χ2v) is 4.30. The predicted molar refractivity (Wildman–Crippen MR) is 74.2 cm³/mol. The normalized spacial score (nSPS) is 12.7. The van der Waals surface area contributed by atoms with Gasteiger partial charge in [0.05, 0.1) is 6.10 Å². The number of carboxylic acid groups (broad SMARTS) is 1. The number of hydrogen-bond donors (Lipinski definition) is 2. The first kappa shape index (κ1) is 15.7. The number of aliphatic carboxylic acids is 1. The SMILES string of the molecule is CCC(C)OC(=O)C(=CNc1cccc(C)n1)C(=O)O. The molecule has 1 unspecified atom stereocenters. The number of aryl methyl sites for hydroxylation is 1. The quantitative estimate of drug-likeness (QED) is 0.358. The molecule has 0 saturated heterocycles. The monoisotopic (exact) mass is 278 g/mol. The van der Waals surface area contributed by atoms with E-state index in [0.29, 0.717) is 12.2 Å². The van der Waals surface area contributed by atoms with Crippen molar-refractivity contribution in [3.63, 3.8) is 0 Å².